The fourth-order valence-corrected chi connectivity index (χ4v) is 3.39. The van der Waals surface area contributed by atoms with Gasteiger partial charge in [-0.15, -0.1) is 22.9 Å². The Morgan fingerprint density at radius 3 is 2.82 bits per heavy atom. The second-order valence-electron chi connectivity index (χ2n) is 4.92. The van der Waals surface area contributed by atoms with Gasteiger partial charge in [-0.25, -0.2) is 0 Å². The summed E-state index contributed by atoms with van der Waals surface area (Å²) in [7, 11) is 1.62. The molecule has 2 aromatic rings. The molecule has 22 heavy (non-hydrogen) atoms. The smallest absolute Gasteiger partial charge is 0.195 e. The van der Waals surface area contributed by atoms with Gasteiger partial charge in [0.25, 0.3) is 0 Å². The Labute approximate surface area is 140 Å². The molecule has 0 unspecified atom stereocenters. The predicted molar refractivity (Wildman–Crippen MR) is 94.2 cm³/mol. The van der Waals surface area contributed by atoms with Gasteiger partial charge in [0.05, 0.1) is 17.9 Å². The summed E-state index contributed by atoms with van der Waals surface area (Å²) in [5.74, 6) is 1.18. The van der Waals surface area contributed by atoms with E-state index in [-0.39, 0.29) is 5.78 Å². The normalized spacial score (nSPS) is 11.0. The SMILES string of the molecule is CCCc1ccc(C(=O)/C=C/c2ccc(OC)c(CCl)c2)s1. The highest BCUT2D eigenvalue weighted by Gasteiger charge is 2.06. The second kappa shape index (κ2) is 8.16. The highest BCUT2D eigenvalue weighted by molar-refractivity contribution is 7.14. The first-order valence-corrected chi connectivity index (χ1v) is 8.57. The van der Waals surface area contributed by atoms with Crippen molar-refractivity contribution >= 4 is 34.8 Å². The zero-order valence-electron chi connectivity index (χ0n) is 12.8. The van der Waals surface area contributed by atoms with E-state index in [9.17, 15) is 4.79 Å². The Bertz CT molecular complexity index is 673. The van der Waals surface area contributed by atoms with E-state index in [1.54, 1.807) is 24.5 Å². The van der Waals surface area contributed by atoms with Crippen molar-refractivity contribution in [1.82, 2.24) is 0 Å². The largest absolute Gasteiger partial charge is 0.496 e. The van der Waals surface area contributed by atoms with Crippen molar-refractivity contribution in [3.63, 3.8) is 0 Å². The number of carbonyl (C=O) groups is 1. The van der Waals surface area contributed by atoms with Crippen LogP contribution in [-0.2, 0) is 12.3 Å². The molecule has 0 amide bonds. The first-order chi connectivity index (χ1) is 10.7. The third kappa shape index (κ3) is 4.21. The summed E-state index contributed by atoms with van der Waals surface area (Å²) in [6.45, 7) is 2.14. The number of methoxy groups -OCH3 is 1. The summed E-state index contributed by atoms with van der Waals surface area (Å²) in [5.41, 5.74) is 1.86. The van der Waals surface area contributed by atoms with Crippen LogP contribution in [0.4, 0.5) is 0 Å². The molecule has 0 N–H and O–H groups in total. The number of rotatable bonds is 7. The average molecular weight is 335 g/mol. The molecule has 4 heteroatoms. The minimum atomic E-state index is 0.0376. The first-order valence-electron chi connectivity index (χ1n) is 7.22. The van der Waals surface area contributed by atoms with Gasteiger partial charge < -0.3 is 4.74 Å². The Kier molecular flexibility index (Phi) is 6.22. The van der Waals surface area contributed by atoms with E-state index in [1.165, 1.54) is 4.88 Å². The molecular formula is C18H19ClO2S. The van der Waals surface area contributed by atoms with Crippen molar-refractivity contribution in [3.8, 4) is 5.75 Å². The van der Waals surface area contributed by atoms with Gasteiger partial charge >= 0.3 is 0 Å². The fraction of sp³-hybridized carbons (Fsp3) is 0.278. The maximum atomic E-state index is 12.2. The Morgan fingerprint density at radius 1 is 1.32 bits per heavy atom. The van der Waals surface area contributed by atoms with Gasteiger partial charge in [0.15, 0.2) is 5.78 Å². The molecular weight excluding hydrogens is 316 g/mol. The lowest BCUT2D eigenvalue weighted by molar-refractivity contribution is 0.105. The summed E-state index contributed by atoms with van der Waals surface area (Å²) >= 11 is 7.48. The van der Waals surface area contributed by atoms with Crippen molar-refractivity contribution in [1.29, 1.82) is 0 Å². The third-order valence-electron chi connectivity index (χ3n) is 3.28. The zero-order valence-corrected chi connectivity index (χ0v) is 14.3. The summed E-state index contributed by atoms with van der Waals surface area (Å²) in [6.07, 6.45) is 5.55. The van der Waals surface area contributed by atoms with Crippen LogP contribution < -0.4 is 4.74 Å². The van der Waals surface area contributed by atoms with Gasteiger partial charge in [0.1, 0.15) is 5.75 Å². The van der Waals surface area contributed by atoms with E-state index in [1.807, 2.05) is 36.4 Å². The molecule has 0 fully saturated rings. The molecule has 1 heterocycles. The van der Waals surface area contributed by atoms with Crippen molar-refractivity contribution in [3.05, 3.63) is 57.3 Å². The molecule has 0 radical (unpaired) electrons. The van der Waals surface area contributed by atoms with Crippen molar-refractivity contribution in [2.45, 2.75) is 25.6 Å². The summed E-state index contributed by atoms with van der Waals surface area (Å²) in [6, 6.07) is 9.66. The number of alkyl halides is 1. The number of hydrogen-bond donors (Lipinski definition) is 0. The highest BCUT2D eigenvalue weighted by atomic mass is 35.5. The molecule has 0 aliphatic rings. The van der Waals surface area contributed by atoms with Gasteiger partial charge in [-0.1, -0.05) is 25.5 Å². The van der Waals surface area contributed by atoms with Gasteiger partial charge in [-0.3, -0.25) is 4.79 Å². The summed E-state index contributed by atoms with van der Waals surface area (Å²) in [4.78, 5) is 14.2. The summed E-state index contributed by atoms with van der Waals surface area (Å²) < 4.78 is 5.24. The van der Waals surface area contributed by atoms with Gasteiger partial charge in [-0.05, 0) is 42.3 Å². The van der Waals surface area contributed by atoms with Gasteiger partial charge in [-0.2, -0.15) is 0 Å². The lowest BCUT2D eigenvalue weighted by Crippen LogP contribution is -1.91. The first kappa shape index (κ1) is 16.8. The monoisotopic (exact) mass is 334 g/mol. The lowest BCUT2D eigenvalue weighted by atomic mass is 10.1. The van der Waals surface area contributed by atoms with Crippen LogP contribution in [0.2, 0.25) is 0 Å². The summed E-state index contributed by atoms with van der Waals surface area (Å²) in [5, 5.41) is 0. The minimum absolute atomic E-state index is 0.0376. The van der Waals surface area contributed by atoms with Gasteiger partial charge in [0.2, 0.25) is 0 Å². The number of thiophene rings is 1. The van der Waals surface area contributed by atoms with Crippen molar-refractivity contribution < 1.29 is 9.53 Å². The number of aryl methyl sites for hydroxylation is 1. The van der Waals surface area contributed by atoms with Crippen LogP contribution in [0.15, 0.2) is 36.4 Å². The highest BCUT2D eigenvalue weighted by Crippen LogP contribution is 2.23. The molecule has 0 saturated heterocycles. The van der Waals surface area contributed by atoms with Crippen LogP contribution in [0, 0.1) is 0 Å². The van der Waals surface area contributed by atoms with Crippen LogP contribution in [0.25, 0.3) is 6.08 Å². The standard InChI is InChI=1S/C18H19ClO2S/c1-3-4-15-7-10-18(22-15)16(20)8-5-13-6-9-17(21-2)14(11-13)12-19/h5-11H,3-4,12H2,1-2H3/b8-5+. The topological polar surface area (TPSA) is 26.3 Å². The average Bonchev–Trinajstić information content (AvgIpc) is 3.01. The molecule has 2 rings (SSSR count). The molecule has 0 aliphatic carbocycles. The number of ketones is 1. The molecule has 2 nitrogen and oxygen atoms in total. The number of ether oxygens (including phenoxy) is 1. The Balaban J connectivity index is 2.11. The number of allylic oxidation sites excluding steroid dienone is 1. The number of hydrogen-bond acceptors (Lipinski definition) is 3. The lowest BCUT2D eigenvalue weighted by Gasteiger charge is -2.06. The zero-order chi connectivity index (χ0) is 15.9. The Morgan fingerprint density at radius 2 is 2.14 bits per heavy atom. The van der Waals surface area contributed by atoms with E-state index < -0.39 is 0 Å². The quantitative estimate of drug-likeness (QED) is 0.388. The van der Waals surface area contributed by atoms with Crippen molar-refractivity contribution in [2.75, 3.05) is 7.11 Å². The number of halogens is 1. The van der Waals surface area contributed by atoms with Crippen LogP contribution in [0.3, 0.4) is 0 Å². The van der Waals surface area contributed by atoms with E-state index in [0.717, 1.165) is 34.6 Å². The Hall–Kier alpha value is -1.58. The third-order valence-corrected chi connectivity index (χ3v) is 4.72. The van der Waals surface area contributed by atoms with Gasteiger partial charge in [0, 0.05) is 10.4 Å². The number of benzene rings is 1. The fourth-order valence-electron chi connectivity index (χ4n) is 2.15. The molecule has 0 aliphatic heterocycles. The van der Waals surface area contributed by atoms with Crippen LogP contribution >= 0.6 is 22.9 Å². The van der Waals surface area contributed by atoms with Crippen LogP contribution in [0.5, 0.6) is 5.75 Å². The van der Waals surface area contributed by atoms with E-state index in [2.05, 4.69) is 6.92 Å². The van der Waals surface area contributed by atoms with Crippen LogP contribution in [-0.4, -0.2) is 12.9 Å². The molecule has 0 bridgehead atoms. The molecule has 0 saturated carbocycles. The molecule has 116 valence electrons. The van der Waals surface area contributed by atoms with E-state index >= 15 is 0 Å². The molecule has 1 aromatic carbocycles. The minimum Gasteiger partial charge on any atom is -0.496 e. The molecule has 0 spiro atoms. The maximum absolute atomic E-state index is 12.2. The number of carbonyl (C=O) groups excluding carboxylic acids is 1. The maximum Gasteiger partial charge on any atom is 0.195 e. The van der Waals surface area contributed by atoms with Crippen molar-refractivity contribution in [2.24, 2.45) is 0 Å². The van der Waals surface area contributed by atoms with E-state index in [4.69, 9.17) is 16.3 Å². The molecule has 1 aromatic heterocycles. The second-order valence-corrected chi connectivity index (χ2v) is 6.35. The molecule has 0 atom stereocenters. The predicted octanol–water partition coefficient (Wildman–Crippen LogP) is 5.34. The van der Waals surface area contributed by atoms with E-state index in [0.29, 0.717) is 5.88 Å². The van der Waals surface area contributed by atoms with Crippen LogP contribution in [0.1, 0.15) is 39.0 Å².